The minimum Gasteiger partial charge on any atom is -0.0954 e. The van der Waals surface area contributed by atoms with Gasteiger partial charge in [0.05, 0.1) is 0 Å². The van der Waals surface area contributed by atoms with Gasteiger partial charge in [0.15, 0.2) is 0 Å². The first-order chi connectivity index (χ1) is 6.76. The van der Waals surface area contributed by atoms with Crippen molar-refractivity contribution in [2.24, 2.45) is 11.3 Å². The zero-order chi connectivity index (χ0) is 13.4. The van der Waals surface area contributed by atoms with Crippen LogP contribution in [-0.2, 0) is 0 Å². The molecule has 0 unspecified atom stereocenters. The van der Waals surface area contributed by atoms with Gasteiger partial charge in [-0.2, -0.15) is 0 Å². The molecule has 0 aliphatic carbocycles. The molecule has 0 aromatic heterocycles. The molecule has 0 nitrogen and oxygen atoms in total. The van der Waals surface area contributed by atoms with Crippen LogP contribution in [0.25, 0.3) is 0 Å². The molecular formula is C15H33P. The van der Waals surface area contributed by atoms with Gasteiger partial charge in [-0.15, -0.1) is 0 Å². The van der Waals surface area contributed by atoms with E-state index < -0.39 is 0 Å². The Morgan fingerprint density at radius 1 is 0.750 bits per heavy atom. The Hall–Kier alpha value is 0.430. The molecule has 0 aromatic rings. The largest absolute Gasteiger partial charge is 0.0954 e. The van der Waals surface area contributed by atoms with Crippen LogP contribution >= 0.6 is 7.92 Å². The lowest BCUT2D eigenvalue weighted by molar-refractivity contribution is 0.286. The molecule has 0 amide bonds. The molecule has 98 valence electrons. The summed E-state index contributed by atoms with van der Waals surface area (Å²) < 4.78 is 0. The van der Waals surface area contributed by atoms with Gasteiger partial charge >= 0.3 is 0 Å². The Labute approximate surface area is 105 Å². The van der Waals surface area contributed by atoms with Crippen molar-refractivity contribution < 1.29 is 0 Å². The van der Waals surface area contributed by atoms with Gasteiger partial charge in [-0.3, -0.25) is 0 Å². The predicted octanol–water partition coefficient (Wildman–Crippen LogP) is 5.75. The van der Waals surface area contributed by atoms with Crippen molar-refractivity contribution in [2.75, 3.05) is 6.16 Å². The molecule has 0 radical (unpaired) electrons. The highest BCUT2D eigenvalue weighted by atomic mass is 31.1. The quantitative estimate of drug-likeness (QED) is 0.543. The number of rotatable bonds is 2. The van der Waals surface area contributed by atoms with E-state index in [0.717, 1.165) is 5.92 Å². The monoisotopic (exact) mass is 244 g/mol. The molecule has 0 aliphatic rings. The molecule has 0 saturated carbocycles. The number of hydrogen-bond donors (Lipinski definition) is 0. The van der Waals surface area contributed by atoms with Crippen LogP contribution < -0.4 is 0 Å². The summed E-state index contributed by atoms with van der Waals surface area (Å²) in [6, 6.07) is 0. The van der Waals surface area contributed by atoms with Crippen LogP contribution in [0, 0.1) is 11.3 Å². The Kier molecular flexibility index (Phi) is 5.10. The molecule has 0 bridgehead atoms. The van der Waals surface area contributed by atoms with Gasteiger partial charge in [-0.05, 0) is 27.8 Å². The van der Waals surface area contributed by atoms with Crippen LogP contribution in [0.3, 0.4) is 0 Å². The van der Waals surface area contributed by atoms with Crippen LogP contribution in [0.15, 0.2) is 0 Å². The fourth-order valence-corrected chi connectivity index (χ4v) is 6.31. The minimum atomic E-state index is 0.0536. The molecule has 0 saturated heterocycles. The molecule has 0 fully saturated rings. The van der Waals surface area contributed by atoms with Crippen molar-refractivity contribution in [1.29, 1.82) is 0 Å². The van der Waals surface area contributed by atoms with E-state index in [1.807, 2.05) is 0 Å². The Morgan fingerprint density at radius 3 is 1.25 bits per heavy atom. The average molecular weight is 244 g/mol. The van der Waals surface area contributed by atoms with E-state index in [1.165, 1.54) is 6.16 Å². The van der Waals surface area contributed by atoms with Crippen molar-refractivity contribution in [2.45, 2.75) is 79.5 Å². The van der Waals surface area contributed by atoms with Crippen molar-refractivity contribution in [3.05, 3.63) is 0 Å². The molecule has 0 rings (SSSR count). The van der Waals surface area contributed by atoms with E-state index >= 15 is 0 Å². The summed E-state index contributed by atoms with van der Waals surface area (Å²) in [5, 5.41) is 0.931. The molecule has 0 N–H and O–H groups in total. The van der Waals surface area contributed by atoms with Gasteiger partial charge in [0.25, 0.3) is 0 Å². The Bertz CT molecular complexity index is 195. The Morgan fingerprint density at radius 2 is 1.06 bits per heavy atom. The number of hydrogen-bond acceptors (Lipinski definition) is 0. The highest BCUT2D eigenvalue weighted by Crippen LogP contribution is 2.61. The first-order valence-electron chi connectivity index (χ1n) is 6.54. The van der Waals surface area contributed by atoms with Crippen LogP contribution in [0.5, 0.6) is 0 Å². The normalized spacial score (nSPS) is 16.7. The van der Waals surface area contributed by atoms with Gasteiger partial charge in [0.1, 0.15) is 0 Å². The lowest BCUT2D eigenvalue weighted by Crippen LogP contribution is -2.31. The maximum absolute atomic E-state index is 2.42. The zero-order valence-corrected chi connectivity index (χ0v) is 14.1. The second-order valence-electron chi connectivity index (χ2n) is 8.22. The van der Waals surface area contributed by atoms with E-state index in [4.69, 9.17) is 0 Å². The van der Waals surface area contributed by atoms with Crippen molar-refractivity contribution >= 4 is 7.92 Å². The van der Waals surface area contributed by atoms with E-state index in [9.17, 15) is 0 Å². The summed E-state index contributed by atoms with van der Waals surface area (Å²) >= 11 is 0. The molecule has 0 spiro atoms. The van der Waals surface area contributed by atoms with Crippen LogP contribution in [0.1, 0.15) is 69.2 Å². The smallest absolute Gasteiger partial charge is 0.0175 e. The van der Waals surface area contributed by atoms with Gasteiger partial charge in [-0.25, -0.2) is 0 Å². The second kappa shape index (κ2) is 4.97. The average Bonchev–Trinajstić information content (AvgIpc) is 1.92. The van der Waals surface area contributed by atoms with Crippen LogP contribution in [0.4, 0.5) is 0 Å². The maximum Gasteiger partial charge on any atom is -0.0175 e. The van der Waals surface area contributed by atoms with E-state index in [1.54, 1.807) is 0 Å². The first-order valence-corrected chi connectivity index (χ1v) is 8.06. The van der Waals surface area contributed by atoms with Crippen LogP contribution in [-0.4, -0.2) is 16.5 Å². The highest BCUT2D eigenvalue weighted by Gasteiger charge is 2.36. The topological polar surface area (TPSA) is 0 Å². The SMILES string of the molecule is C[C@@H](CP(C(C)(C)C)C(C)(C)C)C(C)(C)C. The Balaban J connectivity index is 4.85. The third-order valence-electron chi connectivity index (χ3n) is 3.55. The van der Waals surface area contributed by atoms with Gasteiger partial charge in [0, 0.05) is 0 Å². The third kappa shape index (κ3) is 5.17. The summed E-state index contributed by atoms with van der Waals surface area (Å²) in [6.07, 6.45) is 1.39. The fourth-order valence-electron chi connectivity index (χ4n) is 2.10. The summed E-state index contributed by atoms with van der Waals surface area (Å²) in [4.78, 5) is 0. The summed E-state index contributed by atoms with van der Waals surface area (Å²) in [5.74, 6) is 0.803. The first kappa shape index (κ1) is 16.4. The summed E-state index contributed by atoms with van der Waals surface area (Å²) in [7, 11) is 0.0536. The van der Waals surface area contributed by atoms with E-state index in [-0.39, 0.29) is 7.92 Å². The van der Waals surface area contributed by atoms with Gasteiger partial charge in [0.2, 0.25) is 0 Å². The molecule has 1 atom stereocenters. The maximum atomic E-state index is 2.42. The molecule has 0 aliphatic heterocycles. The van der Waals surface area contributed by atoms with E-state index in [2.05, 4.69) is 69.2 Å². The molecule has 1 heteroatoms. The standard InChI is InChI=1S/C15H33P/c1-12(13(2,3)4)11-16(14(5,6)7)15(8,9)10/h12H,11H2,1-10H3/t12-/m0/s1. The molecular weight excluding hydrogens is 211 g/mol. The zero-order valence-electron chi connectivity index (χ0n) is 13.2. The van der Waals surface area contributed by atoms with Gasteiger partial charge in [-0.1, -0.05) is 77.2 Å². The second-order valence-corrected chi connectivity index (χ2v) is 12.1. The summed E-state index contributed by atoms with van der Waals surface area (Å²) in [6.45, 7) is 24.0. The highest BCUT2D eigenvalue weighted by molar-refractivity contribution is 7.60. The van der Waals surface area contributed by atoms with Gasteiger partial charge < -0.3 is 0 Å². The molecule has 0 aromatic carbocycles. The third-order valence-corrected chi connectivity index (χ3v) is 7.71. The summed E-state index contributed by atoms with van der Waals surface area (Å²) in [5.41, 5.74) is 0.442. The predicted molar refractivity (Wildman–Crippen MR) is 79.9 cm³/mol. The molecule has 0 heterocycles. The van der Waals surface area contributed by atoms with Crippen molar-refractivity contribution in [3.63, 3.8) is 0 Å². The van der Waals surface area contributed by atoms with Crippen LogP contribution in [0.2, 0.25) is 0 Å². The van der Waals surface area contributed by atoms with Crippen molar-refractivity contribution in [3.8, 4) is 0 Å². The lowest BCUT2D eigenvalue weighted by atomic mass is 9.83. The fraction of sp³-hybridized carbons (Fsp3) is 1.00. The van der Waals surface area contributed by atoms with Crippen molar-refractivity contribution in [1.82, 2.24) is 0 Å². The minimum absolute atomic E-state index is 0.0536. The lowest BCUT2D eigenvalue weighted by Gasteiger charge is -2.45. The van der Waals surface area contributed by atoms with E-state index in [0.29, 0.717) is 15.7 Å². The molecule has 16 heavy (non-hydrogen) atoms.